The first kappa shape index (κ1) is 16.8. The maximum Gasteiger partial charge on any atom is 0.192 e. The third kappa shape index (κ3) is 3.51. The van der Waals surface area contributed by atoms with E-state index in [-0.39, 0.29) is 17.9 Å². The summed E-state index contributed by atoms with van der Waals surface area (Å²) in [4.78, 5) is 7.71. The highest BCUT2D eigenvalue weighted by atomic mass is 19.1. The second-order valence-corrected chi connectivity index (χ2v) is 7.30. The molecule has 2 aliphatic rings. The number of nitrogens with zero attached hydrogens (tertiary/aromatic N) is 1. The SMILES string of the molecule is NC(c1nc2c(F)c(OC3COC3)ccc2[nH]1)C1CCCCCCC1. The molecule has 3 N–H and O–H groups in total. The second kappa shape index (κ2) is 7.30. The van der Waals surface area contributed by atoms with E-state index in [0.717, 1.165) is 12.8 Å². The van der Waals surface area contributed by atoms with Crippen molar-refractivity contribution in [1.29, 1.82) is 0 Å². The molecule has 1 unspecified atom stereocenters. The van der Waals surface area contributed by atoms with Crippen molar-refractivity contribution in [2.75, 3.05) is 13.2 Å². The zero-order valence-electron chi connectivity index (χ0n) is 14.5. The number of aromatic nitrogens is 2. The van der Waals surface area contributed by atoms with Crippen LogP contribution in [0.5, 0.6) is 5.75 Å². The van der Waals surface area contributed by atoms with Gasteiger partial charge in [-0.05, 0) is 30.9 Å². The first-order valence-electron chi connectivity index (χ1n) is 9.40. The molecule has 2 aromatic rings. The Balaban J connectivity index is 1.55. The molecule has 2 fully saturated rings. The van der Waals surface area contributed by atoms with Crippen molar-refractivity contribution >= 4 is 11.0 Å². The van der Waals surface area contributed by atoms with Gasteiger partial charge in [-0.2, -0.15) is 0 Å². The van der Waals surface area contributed by atoms with Crippen molar-refractivity contribution in [2.24, 2.45) is 11.7 Å². The monoisotopic (exact) mass is 347 g/mol. The van der Waals surface area contributed by atoms with Crippen molar-refractivity contribution in [3.8, 4) is 5.75 Å². The number of nitrogens with two attached hydrogens (primary N) is 1. The minimum Gasteiger partial charge on any atom is -0.482 e. The molecule has 4 rings (SSSR count). The fourth-order valence-corrected chi connectivity index (χ4v) is 3.82. The molecule has 2 heterocycles. The quantitative estimate of drug-likeness (QED) is 0.881. The number of ether oxygens (including phenoxy) is 2. The topological polar surface area (TPSA) is 73.2 Å². The molecule has 1 aliphatic carbocycles. The molecule has 5 nitrogen and oxygen atoms in total. The van der Waals surface area contributed by atoms with Crippen molar-refractivity contribution < 1.29 is 13.9 Å². The summed E-state index contributed by atoms with van der Waals surface area (Å²) in [6.45, 7) is 1.02. The van der Waals surface area contributed by atoms with Gasteiger partial charge in [0.05, 0.1) is 24.8 Å². The molecule has 25 heavy (non-hydrogen) atoms. The Kier molecular flexibility index (Phi) is 4.90. The van der Waals surface area contributed by atoms with E-state index in [1.807, 2.05) is 6.07 Å². The number of rotatable bonds is 4. The summed E-state index contributed by atoms with van der Waals surface area (Å²) < 4.78 is 25.4. The number of H-pyrrole nitrogens is 1. The van der Waals surface area contributed by atoms with Crippen molar-refractivity contribution in [3.05, 3.63) is 23.8 Å². The van der Waals surface area contributed by atoms with Crippen LogP contribution in [0.2, 0.25) is 0 Å². The molecule has 1 aliphatic heterocycles. The summed E-state index contributed by atoms with van der Waals surface area (Å²) in [6, 6.07) is 3.29. The highest BCUT2D eigenvalue weighted by Crippen LogP contribution is 2.33. The molecule has 0 radical (unpaired) electrons. The lowest BCUT2D eigenvalue weighted by molar-refractivity contribution is -0.0808. The van der Waals surface area contributed by atoms with Gasteiger partial charge in [0.1, 0.15) is 17.4 Å². The number of benzene rings is 1. The van der Waals surface area contributed by atoms with Gasteiger partial charge in [0.2, 0.25) is 0 Å². The van der Waals surface area contributed by atoms with Gasteiger partial charge < -0.3 is 20.2 Å². The summed E-state index contributed by atoms with van der Waals surface area (Å²) in [5, 5.41) is 0. The lowest BCUT2D eigenvalue weighted by atomic mass is 9.86. The van der Waals surface area contributed by atoms with Crippen LogP contribution in [0.3, 0.4) is 0 Å². The van der Waals surface area contributed by atoms with Crippen molar-refractivity contribution in [3.63, 3.8) is 0 Å². The number of fused-ring (bicyclic) bond motifs is 1. The number of hydrogen-bond acceptors (Lipinski definition) is 4. The lowest BCUT2D eigenvalue weighted by Crippen LogP contribution is -2.38. The molecule has 1 saturated carbocycles. The number of nitrogens with one attached hydrogen (secondary N) is 1. The maximum atomic E-state index is 14.7. The van der Waals surface area contributed by atoms with Crippen LogP contribution in [0, 0.1) is 11.7 Å². The van der Waals surface area contributed by atoms with Gasteiger partial charge in [0, 0.05) is 0 Å². The van der Waals surface area contributed by atoms with E-state index < -0.39 is 5.82 Å². The number of hydrogen-bond donors (Lipinski definition) is 2. The van der Waals surface area contributed by atoms with E-state index >= 15 is 0 Å². The molecule has 1 saturated heterocycles. The largest absolute Gasteiger partial charge is 0.482 e. The number of halogens is 1. The smallest absolute Gasteiger partial charge is 0.192 e. The minimum atomic E-state index is -0.420. The summed E-state index contributed by atoms with van der Waals surface area (Å²) in [5.41, 5.74) is 7.48. The summed E-state index contributed by atoms with van der Waals surface area (Å²) in [6.07, 6.45) is 8.50. The molecular weight excluding hydrogens is 321 g/mol. The van der Waals surface area contributed by atoms with E-state index in [0.29, 0.717) is 36.0 Å². The van der Waals surface area contributed by atoms with Crippen LogP contribution >= 0.6 is 0 Å². The minimum absolute atomic E-state index is 0.0671. The molecule has 0 amide bonds. The van der Waals surface area contributed by atoms with Gasteiger partial charge in [-0.3, -0.25) is 0 Å². The molecule has 136 valence electrons. The Bertz CT molecular complexity index is 721. The normalized spacial score (nSPS) is 21.5. The summed E-state index contributed by atoms with van der Waals surface area (Å²) in [7, 11) is 0. The van der Waals surface area contributed by atoms with Crippen molar-refractivity contribution in [1.82, 2.24) is 9.97 Å². The molecule has 1 aromatic carbocycles. The molecule has 1 atom stereocenters. The molecule has 0 spiro atoms. The van der Waals surface area contributed by atoms with Crippen LogP contribution in [0.1, 0.15) is 56.8 Å². The Morgan fingerprint density at radius 3 is 2.56 bits per heavy atom. The van der Waals surface area contributed by atoms with Gasteiger partial charge in [0.15, 0.2) is 11.6 Å². The van der Waals surface area contributed by atoms with Crippen LogP contribution in [0.25, 0.3) is 11.0 Å². The number of imidazole rings is 1. The van der Waals surface area contributed by atoms with Crippen LogP contribution in [0.15, 0.2) is 12.1 Å². The summed E-state index contributed by atoms with van der Waals surface area (Å²) >= 11 is 0. The highest BCUT2D eigenvalue weighted by molar-refractivity contribution is 5.77. The zero-order chi connectivity index (χ0) is 17.2. The van der Waals surface area contributed by atoms with Gasteiger partial charge in [-0.1, -0.05) is 32.1 Å². The summed E-state index contributed by atoms with van der Waals surface area (Å²) in [5.74, 6) is 0.908. The highest BCUT2D eigenvalue weighted by Gasteiger charge is 2.26. The molecule has 1 aromatic heterocycles. The van der Waals surface area contributed by atoms with Crippen LogP contribution in [-0.4, -0.2) is 29.3 Å². The van der Waals surface area contributed by atoms with Gasteiger partial charge in [-0.15, -0.1) is 0 Å². The third-order valence-corrected chi connectivity index (χ3v) is 5.45. The number of aromatic amines is 1. The average molecular weight is 347 g/mol. The van der Waals surface area contributed by atoms with Crippen LogP contribution in [-0.2, 0) is 4.74 Å². The molecule has 0 bridgehead atoms. The molecular formula is C19H26FN3O2. The van der Waals surface area contributed by atoms with E-state index in [1.165, 1.54) is 32.1 Å². The lowest BCUT2D eigenvalue weighted by Gasteiger charge is -2.26. The Morgan fingerprint density at radius 1 is 1.16 bits per heavy atom. The van der Waals surface area contributed by atoms with Crippen LogP contribution < -0.4 is 10.5 Å². The third-order valence-electron chi connectivity index (χ3n) is 5.45. The fraction of sp³-hybridized carbons (Fsp3) is 0.632. The van der Waals surface area contributed by atoms with Crippen molar-refractivity contribution in [2.45, 2.75) is 57.1 Å². The van der Waals surface area contributed by atoms with Gasteiger partial charge in [-0.25, -0.2) is 9.37 Å². The fourth-order valence-electron chi connectivity index (χ4n) is 3.82. The van der Waals surface area contributed by atoms with E-state index in [4.69, 9.17) is 15.2 Å². The van der Waals surface area contributed by atoms with Crippen LogP contribution in [0.4, 0.5) is 4.39 Å². The van der Waals surface area contributed by atoms with E-state index in [2.05, 4.69) is 9.97 Å². The Hall–Kier alpha value is -1.66. The van der Waals surface area contributed by atoms with Gasteiger partial charge in [0.25, 0.3) is 0 Å². The van der Waals surface area contributed by atoms with Gasteiger partial charge >= 0.3 is 0 Å². The second-order valence-electron chi connectivity index (χ2n) is 7.30. The Labute approximate surface area is 147 Å². The first-order valence-corrected chi connectivity index (χ1v) is 9.40. The predicted octanol–water partition coefficient (Wildman–Crippen LogP) is 3.84. The van der Waals surface area contributed by atoms with E-state index in [9.17, 15) is 4.39 Å². The molecule has 6 heteroatoms. The zero-order valence-corrected chi connectivity index (χ0v) is 14.5. The van der Waals surface area contributed by atoms with E-state index in [1.54, 1.807) is 6.07 Å². The maximum absolute atomic E-state index is 14.7. The Morgan fingerprint density at radius 2 is 1.88 bits per heavy atom. The first-order chi connectivity index (χ1) is 12.2. The average Bonchev–Trinajstić information content (AvgIpc) is 2.97. The predicted molar refractivity (Wildman–Crippen MR) is 94.0 cm³/mol. The standard InChI is InChI=1S/C19H26FN3O2/c20-16-15(25-13-10-24-11-13)9-8-14-18(16)23-19(22-14)17(21)12-6-4-2-1-3-5-7-12/h8-9,12-13,17H,1-7,10-11,21H2,(H,22,23).